The van der Waals surface area contributed by atoms with Crippen molar-refractivity contribution in [1.82, 2.24) is 4.98 Å². The van der Waals surface area contributed by atoms with E-state index in [1.807, 2.05) is 91.0 Å². The molecule has 6 rings (SSSR count). The first-order valence-electron chi connectivity index (χ1n) is 13.6. The number of pyridine rings is 1. The fourth-order valence-electron chi connectivity index (χ4n) is 5.61. The Kier molecular flexibility index (Phi) is 6.99. The lowest BCUT2D eigenvalue weighted by Gasteiger charge is -2.22. The summed E-state index contributed by atoms with van der Waals surface area (Å²) in [5, 5.41) is 0.792. The van der Waals surface area contributed by atoms with Gasteiger partial charge in [0, 0.05) is 10.9 Å². The van der Waals surface area contributed by atoms with E-state index in [1.165, 1.54) is 37.7 Å². The smallest absolute Gasteiger partial charge is 0.339 e. The van der Waals surface area contributed by atoms with Gasteiger partial charge in [-0.1, -0.05) is 122 Å². The van der Waals surface area contributed by atoms with Crippen LogP contribution in [0, 0.1) is 0 Å². The van der Waals surface area contributed by atoms with E-state index in [4.69, 9.17) is 9.72 Å². The van der Waals surface area contributed by atoms with Crippen molar-refractivity contribution in [2.45, 2.75) is 44.1 Å². The number of carbonyl (C=O) groups excluding carboxylic acids is 1. The van der Waals surface area contributed by atoms with E-state index in [0.717, 1.165) is 33.3 Å². The molecule has 0 unspecified atom stereocenters. The maximum absolute atomic E-state index is 13.8. The number of benzene rings is 4. The van der Waals surface area contributed by atoms with Gasteiger partial charge < -0.3 is 4.74 Å². The van der Waals surface area contributed by atoms with Crippen molar-refractivity contribution in [3.05, 3.63) is 138 Å². The Labute approximate surface area is 224 Å². The number of carbonyl (C=O) groups is 1. The molecular weight excluding hydrogens is 466 g/mol. The van der Waals surface area contributed by atoms with Crippen LogP contribution in [0.2, 0.25) is 0 Å². The van der Waals surface area contributed by atoms with Gasteiger partial charge in [-0.25, -0.2) is 9.78 Å². The van der Waals surface area contributed by atoms with E-state index in [1.54, 1.807) is 0 Å². The highest BCUT2D eigenvalue weighted by molar-refractivity contribution is 6.04. The molecule has 5 aromatic rings. The number of fused-ring (bicyclic) bond motifs is 1. The molecule has 0 bridgehead atoms. The number of aromatic nitrogens is 1. The summed E-state index contributed by atoms with van der Waals surface area (Å²) in [4.78, 5) is 18.7. The summed E-state index contributed by atoms with van der Waals surface area (Å²) in [5.74, 6) is 0.294. The van der Waals surface area contributed by atoms with Crippen LogP contribution in [0.1, 0.15) is 71.2 Å². The molecule has 4 aromatic carbocycles. The second-order valence-electron chi connectivity index (χ2n) is 10.1. The topological polar surface area (TPSA) is 39.2 Å². The van der Waals surface area contributed by atoms with Crippen molar-refractivity contribution >= 4 is 16.9 Å². The fraction of sp³-hybridized carbons (Fsp3) is 0.200. The molecule has 1 aliphatic carbocycles. The number of rotatable bonds is 6. The average molecular weight is 498 g/mol. The first-order chi connectivity index (χ1) is 18.8. The summed E-state index contributed by atoms with van der Waals surface area (Å²) in [6.07, 6.45) is 6.02. The van der Waals surface area contributed by atoms with E-state index < -0.39 is 6.10 Å². The van der Waals surface area contributed by atoms with Crippen LogP contribution in [-0.2, 0) is 4.74 Å². The Balaban J connectivity index is 1.36. The molecule has 0 spiro atoms. The average Bonchev–Trinajstić information content (AvgIpc) is 3.00. The van der Waals surface area contributed by atoms with Crippen LogP contribution in [0.15, 0.2) is 115 Å². The lowest BCUT2D eigenvalue weighted by atomic mass is 9.84. The molecule has 3 heteroatoms. The molecule has 38 heavy (non-hydrogen) atoms. The predicted octanol–water partition coefficient (Wildman–Crippen LogP) is 8.90. The van der Waals surface area contributed by atoms with E-state index in [0.29, 0.717) is 11.5 Å². The van der Waals surface area contributed by atoms with Gasteiger partial charge >= 0.3 is 5.97 Å². The lowest BCUT2D eigenvalue weighted by molar-refractivity contribution is 0.0380. The Bertz CT molecular complexity index is 1480. The Hall–Kier alpha value is -4.24. The van der Waals surface area contributed by atoms with Gasteiger partial charge in [-0.05, 0) is 47.6 Å². The highest BCUT2D eigenvalue weighted by Gasteiger charge is 2.23. The summed E-state index contributed by atoms with van der Waals surface area (Å²) in [5.41, 5.74) is 6.37. The van der Waals surface area contributed by atoms with Crippen LogP contribution >= 0.6 is 0 Å². The number of esters is 1. The number of ether oxygens (including phenoxy) is 1. The molecule has 1 fully saturated rings. The van der Waals surface area contributed by atoms with Crippen molar-refractivity contribution < 1.29 is 9.53 Å². The van der Waals surface area contributed by atoms with Crippen LogP contribution in [0.25, 0.3) is 22.2 Å². The minimum atomic E-state index is -0.505. The van der Waals surface area contributed by atoms with Crippen molar-refractivity contribution in [1.29, 1.82) is 0 Å². The van der Waals surface area contributed by atoms with Crippen LogP contribution in [-0.4, -0.2) is 11.0 Å². The number of para-hydroxylation sites is 1. The first kappa shape index (κ1) is 24.1. The summed E-state index contributed by atoms with van der Waals surface area (Å²) in [7, 11) is 0. The molecule has 0 radical (unpaired) electrons. The molecule has 0 saturated heterocycles. The van der Waals surface area contributed by atoms with Gasteiger partial charge in [-0.3, -0.25) is 0 Å². The van der Waals surface area contributed by atoms with Crippen molar-refractivity contribution in [2.24, 2.45) is 0 Å². The highest BCUT2D eigenvalue weighted by atomic mass is 16.5. The van der Waals surface area contributed by atoms with Gasteiger partial charge in [0.2, 0.25) is 0 Å². The Morgan fingerprint density at radius 3 is 1.97 bits per heavy atom. The summed E-state index contributed by atoms with van der Waals surface area (Å²) >= 11 is 0. The molecule has 1 aliphatic rings. The third-order valence-electron chi connectivity index (χ3n) is 7.65. The van der Waals surface area contributed by atoms with Crippen LogP contribution in [0.3, 0.4) is 0 Å². The van der Waals surface area contributed by atoms with Gasteiger partial charge in [0.25, 0.3) is 0 Å². The van der Waals surface area contributed by atoms with Gasteiger partial charge in [0.05, 0.1) is 16.8 Å². The van der Waals surface area contributed by atoms with E-state index >= 15 is 0 Å². The predicted molar refractivity (Wildman–Crippen MR) is 153 cm³/mol. The summed E-state index contributed by atoms with van der Waals surface area (Å²) in [6, 6.07) is 38.2. The quantitative estimate of drug-likeness (QED) is 0.220. The molecule has 0 aliphatic heterocycles. The minimum Gasteiger partial charge on any atom is -0.449 e. The highest BCUT2D eigenvalue weighted by Crippen LogP contribution is 2.34. The molecule has 3 nitrogen and oxygen atoms in total. The van der Waals surface area contributed by atoms with Crippen molar-refractivity contribution in [2.75, 3.05) is 0 Å². The third-order valence-corrected chi connectivity index (χ3v) is 7.65. The molecule has 188 valence electrons. The second kappa shape index (κ2) is 11.0. The van der Waals surface area contributed by atoms with E-state index in [2.05, 4.69) is 24.3 Å². The second-order valence-corrected chi connectivity index (χ2v) is 10.1. The molecule has 0 N–H and O–H groups in total. The van der Waals surface area contributed by atoms with Gasteiger partial charge in [0.1, 0.15) is 0 Å². The van der Waals surface area contributed by atoms with Gasteiger partial charge in [0.15, 0.2) is 6.10 Å². The molecular formula is C35H31NO2. The lowest BCUT2D eigenvalue weighted by Crippen LogP contribution is -2.14. The monoisotopic (exact) mass is 497 g/mol. The maximum atomic E-state index is 13.8. The zero-order valence-corrected chi connectivity index (χ0v) is 21.4. The SMILES string of the molecule is O=C(OC(c1ccccc1)c1ccccc1)c1cc(-c2ccc(C3CCCCC3)cc2)nc2ccccc12. The maximum Gasteiger partial charge on any atom is 0.339 e. The zero-order chi connectivity index (χ0) is 25.7. The summed E-state index contributed by atoms with van der Waals surface area (Å²) in [6.45, 7) is 0. The van der Waals surface area contributed by atoms with Gasteiger partial charge in [-0.2, -0.15) is 0 Å². The molecule has 1 aromatic heterocycles. The molecule has 0 amide bonds. The summed E-state index contributed by atoms with van der Waals surface area (Å²) < 4.78 is 6.24. The first-order valence-corrected chi connectivity index (χ1v) is 13.6. The van der Waals surface area contributed by atoms with Crippen molar-refractivity contribution in [3.63, 3.8) is 0 Å². The minimum absolute atomic E-state index is 0.360. The molecule has 1 heterocycles. The molecule has 1 saturated carbocycles. The largest absolute Gasteiger partial charge is 0.449 e. The zero-order valence-electron chi connectivity index (χ0n) is 21.4. The number of hydrogen-bond donors (Lipinski definition) is 0. The third kappa shape index (κ3) is 5.10. The molecule has 0 atom stereocenters. The fourth-order valence-corrected chi connectivity index (χ4v) is 5.61. The number of hydrogen-bond acceptors (Lipinski definition) is 3. The Morgan fingerprint density at radius 2 is 1.32 bits per heavy atom. The van der Waals surface area contributed by atoms with E-state index in [-0.39, 0.29) is 5.97 Å². The van der Waals surface area contributed by atoms with Crippen LogP contribution in [0.5, 0.6) is 0 Å². The van der Waals surface area contributed by atoms with Gasteiger partial charge in [-0.15, -0.1) is 0 Å². The number of nitrogens with zero attached hydrogens (tertiary/aromatic N) is 1. The van der Waals surface area contributed by atoms with Crippen LogP contribution in [0.4, 0.5) is 0 Å². The Morgan fingerprint density at radius 1 is 0.711 bits per heavy atom. The van der Waals surface area contributed by atoms with Crippen molar-refractivity contribution in [3.8, 4) is 11.3 Å². The standard InChI is InChI=1S/C35H31NO2/c37-35(38-34(28-14-6-2-7-15-28)29-16-8-3-9-17-29)31-24-33(36-32-19-11-10-18-30(31)32)27-22-20-26(21-23-27)25-12-4-1-5-13-25/h2-3,6-11,14-25,34H,1,4-5,12-13H2. The van der Waals surface area contributed by atoms with Crippen LogP contribution < -0.4 is 0 Å². The normalized spacial score (nSPS) is 14.0. The van der Waals surface area contributed by atoms with E-state index in [9.17, 15) is 4.79 Å².